The quantitative estimate of drug-likeness (QED) is 0.806. The van der Waals surface area contributed by atoms with E-state index in [0.29, 0.717) is 23.7 Å². The Labute approximate surface area is 152 Å². The van der Waals surface area contributed by atoms with Crippen LogP contribution in [0.15, 0.2) is 42.5 Å². The molecular weight excluding hydrogens is 334 g/mol. The summed E-state index contributed by atoms with van der Waals surface area (Å²) in [5.41, 5.74) is 2.39. The Morgan fingerprint density at radius 2 is 1.85 bits per heavy atom. The SMILES string of the molecule is CCOC(=O)CC(NC(=O)c1ccc2c(c1)OCO2)c1ccc(C)cc1. The molecule has 1 heterocycles. The van der Waals surface area contributed by atoms with E-state index in [-0.39, 0.29) is 25.1 Å². The highest BCUT2D eigenvalue weighted by molar-refractivity contribution is 5.95. The first kappa shape index (κ1) is 17.8. The number of carbonyl (C=O) groups is 2. The number of ether oxygens (including phenoxy) is 3. The minimum Gasteiger partial charge on any atom is -0.466 e. The molecule has 3 rings (SSSR count). The predicted molar refractivity (Wildman–Crippen MR) is 95.2 cm³/mol. The zero-order valence-corrected chi connectivity index (χ0v) is 14.8. The van der Waals surface area contributed by atoms with Crippen molar-refractivity contribution in [3.8, 4) is 11.5 Å². The van der Waals surface area contributed by atoms with Gasteiger partial charge in [0.2, 0.25) is 6.79 Å². The van der Waals surface area contributed by atoms with E-state index in [0.717, 1.165) is 11.1 Å². The lowest BCUT2D eigenvalue weighted by atomic mass is 10.0. The summed E-state index contributed by atoms with van der Waals surface area (Å²) < 4.78 is 15.6. The molecule has 1 N–H and O–H groups in total. The first-order chi connectivity index (χ1) is 12.6. The van der Waals surface area contributed by atoms with Crippen LogP contribution >= 0.6 is 0 Å². The number of hydrogen-bond donors (Lipinski definition) is 1. The van der Waals surface area contributed by atoms with Crippen LogP contribution in [0.25, 0.3) is 0 Å². The number of fused-ring (bicyclic) bond motifs is 1. The molecule has 136 valence electrons. The number of rotatable bonds is 6. The monoisotopic (exact) mass is 355 g/mol. The molecule has 6 nitrogen and oxygen atoms in total. The Balaban J connectivity index is 1.78. The van der Waals surface area contributed by atoms with Crippen LogP contribution in [0, 0.1) is 6.92 Å². The molecule has 2 aromatic rings. The molecule has 0 bridgehead atoms. The van der Waals surface area contributed by atoms with E-state index in [1.165, 1.54) is 0 Å². The minimum absolute atomic E-state index is 0.0627. The summed E-state index contributed by atoms with van der Waals surface area (Å²) in [6.45, 7) is 4.18. The molecule has 0 fully saturated rings. The lowest BCUT2D eigenvalue weighted by molar-refractivity contribution is -0.143. The normalized spacial score (nSPS) is 13.2. The van der Waals surface area contributed by atoms with Gasteiger partial charge in [0.1, 0.15) is 0 Å². The topological polar surface area (TPSA) is 73.9 Å². The predicted octanol–water partition coefficient (Wildman–Crippen LogP) is 3.15. The zero-order chi connectivity index (χ0) is 18.5. The van der Waals surface area contributed by atoms with Crippen molar-refractivity contribution >= 4 is 11.9 Å². The molecule has 0 aliphatic carbocycles. The van der Waals surface area contributed by atoms with Crippen LogP contribution in [0.3, 0.4) is 0 Å². The van der Waals surface area contributed by atoms with Crippen LogP contribution in [0.4, 0.5) is 0 Å². The maximum Gasteiger partial charge on any atom is 0.308 e. The average molecular weight is 355 g/mol. The molecule has 0 spiro atoms. The number of amides is 1. The van der Waals surface area contributed by atoms with Gasteiger partial charge in [-0.2, -0.15) is 0 Å². The van der Waals surface area contributed by atoms with Gasteiger partial charge in [-0.25, -0.2) is 0 Å². The van der Waals surface area contributed by atoms with Crippen molar-refractivity contribution in [1.29, 1.82) is 0 Å². The van der Waals surface area contributed by atoms with Crippen molar-refractivity contribution in [2.45, 2.75) is 26.3 Å². The number of aryl methyl sites for hydroxylation is 1. The Bertz CT molecular complexity index is 800. The van der Waals surface area contributed by atoms with Gasteiger partial charge < -0.3 is 19.5 Å². The third kappa shape index (κ3) is 4.14. The molecule has 26 heavy (non-hydrogen) atoms. The standard InChI is InChI=1S/C20H21NO5/c1-3-24-19(22)11-16(14-6-4-13(2)5-7-14)21-20(23)15-8-9-17-18(10-15)26-12-25-17/h4-10,16H,3,11-12H2,1-2H3,(H,21,23). The van der Waals surface area contributed by atoms with E-state index < -0.39 is 6.04 Å². The highest BCUT2D eigenvalue weighted by Gasteiger charge is 2.22. The molecule has 1 aliphatic heterocycles. The summed E-state index contributed by atoms with van der Waals surface area (Å²) in [7, 11) is 0. The van der Waals surface area contributed by atoms with Crippen molar-refractivity contribution in [1.82, 2.24) is 5.32 Å². The number of esters is 1. The highest BCUT2D eigenvalue weighted by atomic mass is 16.7. The summed E-state index contributed by atoms with van der Waals surface area (Å²) in [5.74, 6) is 0.500. The van der Waals surface area contributed by atoms with Gasteiger partial charge in [0.05, 0.1) is 19.1 Å². The summed E-state index contributed by atoms with van der Waals surface area (Å²) >= 11 is 0. The highest BCUT2D eigenvalue weighted by Crippen LogP contribution is 2.32. The van der Waals surface area contributed by atoms with Gasteiger partial charge in [-0.05, 0) is 37.6 Å². The second kappa shape index (κ2) is 7.91. The number of nitrogens with one attached hydrogen (secondary N) is 1. The van der Waals surface area contributed by atoms with E-state index >= 15 is 0 Å². The Morgan fingerprint density at radius 3 is 2.58 bits per heavy atom. The molecular formula is C20H21NO5. The molecule has 1 amide bonds. The molecule has 0 radical (unpaired) electrons. The largest absolute Gasteiger partial charge is 0.466 e. The first-order valence-corrected chi connectivity index (χ1v) is 8.49. The van der Waals surface area contributed by atoms with Crippen LogP contribution in [0.5, 0.6) is 11.5 Å². The van der Waals surface area contributed by atoms with Crippen molar-refractivity contribution in [3.05, 3.63) is 59.2 Å². The van der Waals surface area contributed by atoms with Gasteiger partial charge in [0, 0.05) is 5.56 Å². The Hall–Kier alpha value is -3.02. The Morgan fingerprint density at radius 1 is 1.12 bits per heavy atom. The molecule has 2 aromatic carbocycles. The van der Waals surface area contributed by atoms with Crippen LogP contribution in [0.2, 0.25) is 0 Å². The van der Waals surface area contributed by atoms with Crippen molar-refractivity contribution in [3.63, 3.8) is 0 Å². The number of benzene rings is 2. The van der Waals surface area contributed by atoms with Gasteiger partial charge in [0.15, 0.2) is 11.5 Å². The van der Waals surface area contributed by atoms with Gasteiger partial charge in [-0.1, -0.05) is 29.8 Å². The summed E-state index contributed by atoms with van der Waals surface area (Å²) in [6, 6.07) is 12.2. The molecule has 0 saturated heterocycles. The first-order valence-electron chi connectivity index (χ1n) is 8.49. The fraction of sp³-hybridized carbons (Fsp3) is 0.300. The van der Waals surface area contributed by atoms with E-state index in [2.05, 4.69) is 5.32 Å². The van der Waals surface area contributed by atoms with Crippen LogP contribution in [0.1, 0.15) is 40.9 Å². The van der Waals surface area contributed by atoms with E-state index in [1.807, 2.05) is 31.2 Å². The molecule has 1 unspecified atom stereocenters. The van der Waals surface area contributed by atoms with Crippen LogP contribution in [-0.2, 0) is 9.53 Å². The zero-order valence-electron chi connectivity index (χ0n) is 14.8. The van der Waals surface area contributed by atoms with Crippen LogP contribution < -0.4 is 14.8 Å². The van der Waals surface area contributed by atoms with E-state index in [1.54, 1.807) is 25.1 Å². The fourth-order valence-corrected chi connectivity index (χ4v) is 2.72. The third-order valence-electron chi connectivity index (χ3n) is 4.10. The van der Waals surface area contributed by atoms with Crippen molar-refractivity contribution in [2.75, 3.05) is 13.4 Å². The van der Waals surface area contributed by atoms with E-state index in [4.69, 9.17) is 14.2 Å². The lowest BCUT2D eigenvalue weighted by Crippen LogP contribution is -2.30. The summed E-state index contributed by atoms with van der Waals surface area (Å²) in [4.78, 5) is 24.6. The third-order valence-corrected chi connectivity index (χ3v) is 4.10. The molecule has 6 heteroatoms. The lowest BCUT2D eigenvalue weighted by Gasteiger charge is -2.19. The molecule has 1 aliphatic rings. The van der Waals surface area contributed by atoms with Crippen LogP contribution in [-0.4, -0.2) is 25.3 Å². The second-order valence-corrected chi connectivity index (χ2v) is 6.01. The summed E-state index contributed by atoms with van der Waals surface area (Å²) in [5, 5.41) is 2.91. The molecule has 0 aromatic heterocycles. The molecule has 0 saturated carbocycles. The summed E-state index contributed by atoms with van der Waals surface area (Å²) in [6.07, 6.45) is 0.0627. The van der Waals surface area contributed by atoms with Crippen molar-refractivity contribution in [2.24, 2.45) is 0 Å². The van der Waals surface area contributed by atoms with E-state index in [9.17, 15) is 9.59 Å². The van der Waals surface area contributed by atoms with Gasteiger partial charge in [0.25, 0.3) is 5.91 Å². The molecule has 1 atom stereocenters. The Kier molecular flexibility index (Phi) is 5.41. The van der Waals surface area contributed by atoms with Gasteiger partial charge >= 0.3 is 5.97 Å². The maximum absolute atomic E-state index is 12.7. The number of carbonyl (C=O) groups excluding carboxylic acids is 2. The maximum atomic E-state index is 12.7. The van der Waals surface area contributed by atoms with Gasteiger partial charge in [-0.3, -0.25) is 9.59 Å². The minimum atomic E-state index is -0.479. The smallest absolute Gasteiger partial charge is 0.308 e. The van der Waals surface area contributed by atoms with Gasteiger partial charge in [-0.15, -0.1) is 0 Å². The number of hydrogen-bond acceptors (Lipinski definition) is 5. The average Bonchev–Trinajstić information content (AvgIpc) is 3.09. The second-order valence-electron chi connectivity index (χ2n) is 6.01. The van der Waals surface area contributed by atoms with Crippen molar-refractivity contribution < 1.29 is 23.8 Å². The fourth-order valence-electron chi connectivity index (χ4n) is 2.72.